The van der Waals surface area contributed by atoms with Crippen LogP contribution in [0.1, 0.15) is 42.6 Å². The summed E-state index contributed by atoms with van der Waals surface area (Å²) in [6.07, 6.45) is 3.67. The van der Waals surface area contributed by atoms with Gasteiger partial charge in [-0.05, 0) is 53.9 Å². The topological polar surface area (TPSA) is 59.9 Å². The fourth-order valence-electron chi connectivity index (χ4n) is 2.97. The maximum absolute atomic E-state index is 12.5. The molecule has 5 nitrogen and oxygen atoms in total. The van der Waals surface area contributed by atoms with E-state index in [2.05, 4.69) is 17.5 Å². The lowest BCUT2D eigenvalue weighted by molar-refractivity contribution is 0.0957. The fraction of sp³-hybridized carbons (Fsp3) is 0.250. The lowest BCUT2D eigenvalue weighted by Crippen LogP contribution is -2.17. The number of hydrogen-bond donors (Lipinski definition) is 1. The van der Waals surface area contributed by atoms with Gasteiger partial charge >= 0.3 is 0 Å². The molecule has 5 heteroatoms. The third kappa shape index (κ3) is 5.35. The minimum Gasteiger partial charge on any atom is -0.490 e. The Kier molecular flexibility index (Phi) is 7.22. The largest absolute Gasteiger partial charge is 0.490 e. The second kappa shape index (κ2) is 10.3. The summed E-state index contributed by atoms with van der Waals surface area (Å²) >= 11 is 0. The molecule has 0 aliphatic rings. The smallest absolute Gasteiger partial charge is 0.271 e. The van der Waals surface area contributed by atoms with Crippen LogP contribution in [0.2, 0.25) is 0 Å². The molecule has 0 radical (unpaired) electrons. The van der Waals surface area contributed by atoms with Gasteiger partial charge in [-0.15, -0.1) is 0 Å². The van der Waals surface area contributed by atoms with E-state index in [1.54, 1.807) is 12.3 Å². The molecule has 0 aromatic heterocycles. The summed E-state index contributed by atoms with van der Waals surface area (Å²) in [5.41, 5.74) is 4.01. The third-order valence-electron chi connectivity index (χ3n) is 4.44. The zero-order chi connectivity index (χ0) is 20.5. The summed E-state index contributed by atoms with van der Waals surface area (Å²) in [5, 5.41) is 6.03. The average molecular weight is 390 g/mol. The Labute approximate surface area is 171 Å². The summed E-state index contributed by atoms with van der Waals surface area (Å²) in [6, 6.07) is 19.0. The van der Waals surface area contributed by atoms with E-state index >= 15 is 0 Å². The van der Waals surface area contributed by atoms with Crippen LogP contribution in [0.25, 0.3) is 10.8 Å². The standard InChI is InChI=1S/C24H26N2O3/c1-3-5-15-29-22-14-13-18(16-23(22)28-4-2)17-25-26-24(27)21-12-8-10-19-9-6-7-11-20(19)21/h6-14,16-17H,3-5,15H2,1-2H3,(H,26,27). The number of nitrogens with one attached hydrogen (secondary N) is 1. The Morgan fingerprint density at radius 1 is 1.00 bits per heavy atom. The van der Waals surface area contributed by atoms with Crippen LogP contribution in [0.4, 0.5) is 0 Å². The molecule has 29 heavy (non-hydrogen) atoms. The molecule has 1 N–H and O–H groups in total. The summed E-state index contributed by atoms with van der Waals surface area (Å²) < 4.78 is 11.5. The molecule has 3 rings (SSSR count). The molecule has 0 aliphatic heterocycles. The average Bonchev–Trinajstić information content (AvgIpc) is 2.75. The molecular weight excluding hydrogens is 364 g/mol. The quantitative estimate of drug-likeness (QED) is 0.311. The van der Waals surface area contributed by atoms with Crippen molar-refractivity contribution in [3.8, 4) is 11.5 Å². The Morgan fingerprint density at radius 3 is 2.66 bits per heavy atom. The summed E-state index contributed by atoms with van der Waals surface area (Å²) in [7, 11) is 0. The molecule has 0 spiro atoms. The van der Waals surface area contributed by atoms with Crippen molar-refractivity contribution < 1.29 is 14.3 Å². The molecule has 0 heterocycles. The van der Waals surface area contributed by atoms with Crippen molar-refractivity contribution in [1.29, 1.82) is 0 Å². The Hall–Kier alpha value is -3.34. The molecule has 1 amide bonds. The second-order valence-electron chi connectivity index (χ2n) is 6.57. The number of carbonyl (C=O) groups is 1. The van der Waals surface area contributed by atoms with Gasteiger partial charge in [-0.3, -0.25) is 4.79 Å². The highest BCUT2D eigenvalue weighted by atomic mass is 16.5. The summed E-state index contributed by atoms with van der Waals surface area (Å²) in [6.45, 7) is 5.26. The number of fused-ring (bicyclic) bond motifs is 1. The third-order valence-corrected chi connectivity index (χ3v) is 4.44. The van der Waals surface area contributed by atoms with E-state index in [1.165, 1.54) is 0 Å². The number of nitrogens with zero attached hydrogens (tertiary/aromatic N) is 1. The van der Waals surface area contributed by atoms with E-state index in [1.807, 2.05) is 61.5 Å². The first kappa shape index (κ1) is 20.4. The number of amides is 1. The van der Waals surface area contributed by atoms with Crippen molar-refractivity contribution in [3.05, 3.63) is 71.8 Å². The predicted octanol–water partition coefficient (Wildman–Crippen LogP) is 5.18. The zero-order valence-electron chi connectivity index (χ0n) is 16.9. The minimum absolute atomic E-state index is 0.248. The molecule has 0 fully saturated rings. The number of rotatable bonds is 9. The van der Waals surface area contributed by atoms with Crippen molar-refractivity contribution in [2.45, 2.75) is 26.7 Å². The highest BCUT2D eigenvalue weighted by Crippen LogP contribution is 2.28. The van der Waals surface area contributed by atoms with E-state index in [0.29, 0.717) is 24.5 Å². The molecule has 0 saturated heterocycles. The molecule has 3 aromatic carbocycles. The number of unbranched alkanes of at least 4 members (excludes halogenated alkanes) is 1. The SMILES string of the molecule is CCCCOc1ccc(C=NNC(=O)c2cccc3ccccc23)cc1OCC. The van der Waals surface area contributed by atoms with Crippen molar-refractivity contribution in [2.24, 2.45) is 5.10 Å². The van der Waals surface area contributed by atoms with Crippen molar-refractivity contribution >= 4 is 22.9 Å². The highest BCUT2D eigenvalue weighted by Gasteiger charge is 2.09. The van der Waals surface area contributed by atoms with E-state index in [9.17, 15) is 4.79 Å². The zero-order valence-corrected chi connectivity index (χ0v) is 16.9. The number of benzene rings is 3. The van der Waals surface area contributed by atoms with E-state index in [0.717, 1.165) is 34.9 Å². The lowest BCUT2D eigenvalue weighted by atomic mass is 10.0. The van der Waals surface area contributed by atoms with Crippen molar-refractivity contribution in [2.75, 3.05) is 13.2 Å². The van der Waals surface area contributed by atoms with E-state index in [4.69, 9.17) is 9.47 Å². The van der Waals surface area contributed by atoms with Gasteiger partial charge in [0, 0.05) is 5.56 Å². The summed E-state index contributed by atoms with van der Waals surface area (Å²) in [5.74, 6) is 1.15. The lowest BCUT2D eigenvalue weighted by Gasteiger charge is -2.12. The van der Waals surface area contributed by atoms with Crippen LogP contribution < -0.4 is 14.9 Å². The number of hydrazone groups is 1. The minimum atomic E-state index is -0.248. The molecular formula is C24H26N2O3. The normalized spacial score (nSPS) is 11.0. The molecule has 150 valence electrons. The van der Waals surface area contributed by atoms with Crippen LogP contribution in [0, 0.1) is 0 Å². The van der Waals surface area contributed by atoms with Gasteiger partial charge < -0.3 is 9.47 Å². The van der Waals surface area contributed by atoms with Crippen LogP contribution in [-0.2, 0) is 0 Å². The van der Waals surface area contributed by atoms with Crippen LogP contribution in [0.3, 0.4) is 0 Å². The maximum Gasteiger partial charge on any atom is 0.271 e. The van der Waals surface area contributed by atoms with Gasteiger partial charge in [-0.25, -0.2) is 5.43 Å². The number of hydrogen-bond acceptors (Lipinski definition) is 4. The Bertz CT molecular complexity index is 993. The number of ether oxygens (including phenoxy) is 2. The van der Waals surface area contributed by atoms with Gasteiger partial charge in [0.15, 0.2) is 11.5 Å². The van der Waals surface area contributed by atoms with E-state index < -0.39 is 0 Å². The van der Waals surface area contributed by atoms with Crippen LogP contribution in [-0.4, -0.2) is 25.3 Å². The first-order chi connectivity index (χ1) is 14.2. The first-order valence-electron chi connectivity index (χ1n) is 9.93. The monoisotopic (exact) mass is 390 g/mol. The van der Waals surface area contributed by atoms with Crippen LogP contribution in [0.5, 0.6) is 11.5 Å². The van der Waals surface area contributed by atoms with Gasteiger partial charge in [0.05, 0.1) is 19.4 Å². The Morgan fingerprint density at radius 2 is 1.83 bits per heavy atom. The fourth-order valence-corrected chi connectivity index (χ4v) is 2.97. The molecule has 0 saturated carbocycles. The van der Waals surface area contributed by atoms with Gasteiger partial charge in [0.25, 0.3) is 5.91 Å². The summed E-state index contributed by atoms with van der Waals surface area (Å²) in [4.78, 5) is 12.5. The van der Waals surface area contributed by atoms with Gasteiger partial charge in [0.2, 0.25) is 0 Å². The van der Waals surface area contributed by atoms with Crippen LogP contribution >= 0.6 is 0 Å². The van der Waals surface area contributed by atoms with Gasteiger partial charge in [-0.1, -0.05) is 49.7 Å². The van der Waals surface area contributed by atoms with Crippen molar-refractivity contribution in [1.82, 2.24) is 5.43 Å². The molecule has 0 unspecified atom stereocenters. The molecule has 0 aliphatic carbocycles. The van der Waals surface area contributed by atoms with Crippen LogP contribution in [0.15, 0.2) is 65.8 Å². The number of carbonyl (C=O) groups excluding carboxylic acids is 1. The molecule has 0 atom stereocenters. The van der Waals surface area contributed by atoms with Gasteiger partial charge in [-0.2, -0.15) is 5.10 Å². The maximum atomic E-state index is 12.5. The second-order valence-corrected chi connectivity index (χ2v) is 6.57. The van der Waals surface area contributed by atoms with E-state index in [-0.39, 0.29) is 5.91 Å². The van der Waals surface area contributed by atoms with Gasteiger partial charge in [0.1, 0.15) is 0 Å². The Balaban J connectivity index is 1.70. The molecule has 0 bridgehead atoms. The molecule has 3 aromatic rings. The predicted molar refractivity (Wildman–Crippen MR) is 117 cm³/mol. The first-order valence-corrected chi connectivity index (χ1v) is 9.93. The van der Waals surface area contributed by atoms with Crippen molar-refractivity contribution in [3.63, 3.8) is 0 Å². The highest BCUT2D eigenvalue weighted by molar-refractivity contribution is 6.07.